The van der Waals surface area contributed by atoms with E-state index in [-0.39, 0.29) is 40.8 Å². The van der Waals surface area contributed by atoms with E-state index in [0.717, 1.165) is 12.1 Å². The quantitative estimate of drug-likeness (QED) is 0.414. The third kappa shape index (κ3) is 5.17. The number of rotatable bonds is 6. The molecule has 0 radical (unpaired) electrons. The van der Waals surface area contributed by atoms with Crippen LogP contribution >= 0.6 is 0 Å². The lowest BCUT2D eigenvalue weighted by molar-refractivity contribution is -0.384. The van der Waals surface area contributed by atoms with Crippen LogP contribution in [0.15, 0.2) is 52.9 Å². The number of nitro groups is 1. The van der Waals surface area contributed by atoms with Crippen molar-refractivity contribution in [2.75, 3.05) is 39.3 Å². The minimum absolute atomic E-state index is 0.00442. The number of alkyl halides is 3. The molecule has 3 aromatic rings. The fourth-order valence-corrected chi connectivity index (χ4v) is 3.86. The number of para-hydroxylation sites is 1. The number of nitrogens with zero attached hydrogens (tertiary/aromatic N) is 4. The summed E-state index contributed by atoms with van der Waals surface area (Å²) in [5.74, 6) is -0.771. The molecule has 1 N–H and O–H groups in total. The van der Waals surface area contributed by atoms with E-state index >= 15 is 0 Å². The minimum atomic E-state index is -4.52. The zero-order valence-corrected chi connectivity index (χ0v) is 18.4. The normalized spacial score (nSPS) is 14.8. The van der Waals surface area contributed by atoms with Gasteiger partial charge in [-0.3, -0.25) is 19.8 Å². The SMILES string of the molecule is O=C(c1nc(-c2ccc(C(F)(F)F)cc2)oc1-c1ccccc1[N+](=O)[O-])N1CCN(CCO)CC1. The number of hydrogen-bond acceptors (Lipinski definition) is 7. The fourth-order valence-electron chi connectivity index (χ4n) is 3.86. The van der Waals surface area contributed by atoms with Crippen LogP contribution in [0.1, 0.15) is 16.1 Å². The second-order valence-corrected chi connectivity index (χ2v) is 7.90. The summed E-state index contributed by atoms with van der Waals surface area (Å²) in [5.41, 5.74) is -1.10. The van der Waals surface area contributed by atoms with Crippen LogP contribution in [-0.4, -0.2) is 70.1 Å². The maximum absolute atomic E-state index is 13.4. The van der Waals surface area contributed by atoms with Gasteiger partial charge in [-0.25, -0.2) is 4.98 Å². The highest BCUT2D eigenvalue weighted by molar-refractivity contribution is 5.99. The number of aliphatic hydroxyl groups excluding tert-OH is 1. The molecular formula is C23H21F3N4O5. The highest BCUT2D eigenvalue weighted by atomic mass is 19.4. The van der Waals surface area contributed by atoms with E-state index in [1.807, 2.05) is 4.90 Å². The smallest absolute Gasteiger partial charge is 0.416 e. The van der Waals surface area contributed by atoms with Gasteiger partial charge in [-0.15, -0.1) is 0 Å². The monoisotopic (exact) mass is 490 g/mol. The lowest BCUT2D eigenvalue weighted by Crippen LogP contribution is -2.49. The van der Waals surface area contributed by atoms with Gasteiger partial charge in [0.05, 0.1) is 22.7 Å². The van der Waals surface area contributed by atoms with E-state index in [1.54, 1.807) is 6.07 Å². The summed E-state index contributed by atoms with van der Waals surface area (Å²) in [6, 6.07) is 9.77. The third-order valence-electron chi connectivity index (χ3n) is 5.71. The number of nitro benzene ring substituents is 1. The van der Waals surface area contributed by atoms with Crippen LogP contribution in [-0.2, 0) is 6.18 Å². The first-order valence-electron chi connectivity index (χ1n) is 10.7. The molecule has 35 heavy (non-hydrogen) atoms. The molecule has 4 rings (SSSR count). The number of piperazine rings is 1. The molecule has 0 atom stereocenters. The van der Waals surface area contributed by atoms with Crippen LogP contribution in [0.4, 0.5) is 18.9 Å². The molecule has 1 aromatic heterocycles. The number of aromatic nitrogens is 1. The Kier molecular flexibility index (Phi) is 6.85. The summed E-state index contributed by atoms with van der Waals surface area (Å²) in [7, 11) is 0. The summed E-state index contributed by atoms with van der Waals surface area (Å²) in [5, 5.41) is 20.7. The topological polar surface area (TPSA) is 113 Å². The maximum atomic E-state index is 13.4. The van der Waals surface area contributed by atoms with Gasteiger partial charge in [0, 0.05) is 44.4 Å². The Bertz CT molecular complexity index is 1220. The molecule has 12 heteroatoms. The van der Waals surface area contributed by atoms with Crippen molar-refractivity contribution in [3.63, 3.8) is 0 Å². The van der Waals surface area contributed by atoms with E-state index in [0.29, 0.717) is 32.7 Å². The van der Waals surface area contributed by atoms with Gasteiger partial charge in [0.25, 0.3) is 11.6 Å². The van der Waals surface area contributed by atoms with E-state index in [2.05, 4.69) is 4.98 Å². The van der Waals surface area contributed by atoms with Crippen LogP contribution in [0.25, 0.3) is 22.8 Å². The van der Waals surface area contributed by atoms with Crippen LogP contribution in [0.3, 0.4) is 0 Å². The van der Waals surface area contributed by atoms with Crippen LogP contribution in [0.2, 0.25) is 0 Å². The van der Waals surface area contributed by atoms with Gasteiger partial charge in [0.1, 0.15) is 0 Å². The van der Waals surface area contributed by atoms with Crippen molar-refractivity contribution in [3.8, 4) is 22.8 Å². The van der Waals surface area contributed by atoms with Gasteiger partial charge in [0.2, 0.25) is 5.89 Å². The number of oxazole rings is 1. The lowest BCUT2D eigenvalue weighted by Gasteiger charge is -2.34. The number of aliphatic hydroxyl groups is 1. The number of carbonyl (C=O) groups excluding carboxylic acids is 1. The number of benzene rings is 2. The second-order valence-electron chi connectivity index (χ2n) is 7.90. The molecule has 1 amide bonds. The third-order valence-corrected chi connectivity index (χ3v) is 5.71. The molecule has 1 saturated heterocycles. The fraction of sp³-hybridized carbons (Fsp3) is 0.304. The van der Waals surface area contributed by atoms with E-state index in [4.69, 9.17) is 9.52 Å². The summed E-state index contributed by atoms with van der Waals surface area (Å²) in [6.45, 7) is 2.21. The molecule has 184 valence electrons. The predicted molar refractivity (Wildman–Crippen MR) is 118 cm³/mol. The number of carbonyl (C=O) groups is 1. The number of β-amino-alcohol motifs (C(OH)–C–C–N with tert-alkyl or cyclic N) is 1. The molecule has 1 fully saturated rings. The highest BCUT2D eigenvalue weighted by Crippen LogP contribution is 2.37. The van der Waals surface area contributed by atoms with Crippen molar-refractivity contribution in [1.82, 2.24) is 14.8 Å². The first kappa shape index (κ1) is 24.4. The van der Waals surface area contributed by atoms with Crippen molar-refractivity contribution < 1.29 is 32.4 Å². The summed E-state index contributed by atoms with van der Waals surface area (Å²) < 4.78 is 44.6. The Hall–Kier alpha value is -3.77. The molecule has 0 bridgehead atoms. The molecule has 0 unspecified atom stereocenters. The Morgan fingerprint density at radius 1 is 1.09 bits per heavy atom. The van der Waals surface area contributed by atoms with Gasteiger partial charge < -0.3 is 14.4 Å². The highest BCUT2D eigenvalue weighted by Gasteiger charge is 2.33. The van der Waals surface area contributed by atoms with Gasteiger partial charge in [-0.05, 0) is 30.3 Å². The van der Waals surface area contributed by atoms with Crippen LogP contribution in [0, 0.1) is 10.1 Å². The van der Waals surface area contributed by atoms with Crippen LogP contribution in [0.5, 0.6) is 0 Å². The summed E-state index contributed by atoms with van der Waals surface area (Å²) >= 11 is 0. The van der Waals surface area contributed by atoms with Gasteiger partial charge in [0.15, 0.2) is 11.5 Å². The number of amides is 1. The molecule has 0 aliphatic carbocycles. The molecule has 2 aromatic carbocycles. The molecule has 0 saturated carbocycles. The second kappa shape index (κ2) is 9.84. The molecular weight excluding hydrogens is 469 g/mol. The van der Waals surface area contributed by atoms with Gasteiger partial charge >= 0.3 is 6.18 Å². The summed E-state index contributed by atoms with van der Waals surface area (Å²) in [6.07, 6.45) is -4.52. The zero-order chi connectivity index (χ0) is 25.2. The predicted octanol–water partition coefficient (Wildman–Crippen LogP) is 3.69. The molecule has 1 aliphatic rings. The van der Waals surface area contributed by atoms with Crippen molar-refractivity contribution in [2.24, 2.45) is 0 Å². The first-order chi connectivity index (χ1) is 16.7. The Morgan fingerprint density at radius 3 is 2.34 bits per heavy atom. The molecule has 0 spiro atoms. The molecule has 1 aliphatic heterocycles. The Labute approximate surface area is 197 Å². The number of halogens is 3. The number of hydrogen-bond donors (Lipinski definition) is 1. The van der Waals surface area contributed by atoms with E-state index in [1.165, 1.54) is 35.2 Å². The van der Waals surface area contributed by atoms with E-state index in [9.17, 15) is 28.1 Å². The minimum Gasteiger partial charge on any atom is -0.435 e. The average molecular weight is 490 g/mol. The Morgan fingerprint density at radius 2 is 1.74 bits per heavy atom. The zero-order valence-electron chi connectivity index (χ0n) is 18.4. The maximum Gasteiger partial charge on any atom is 0.416 e. The average Bonchev–Trinajstić information content (AvgIpc) is 3.29. The standard InChI is InChI=1S/C23H21F3N4O5/c24-23(25,26)16-7-5-15(6-8-16)21-27-19(22(32)29-11-9-28(10-12-29)13-14-31)20(35-21)17-3-1-2-4-18(17)30(33)34/h1-8,31H,9-14H2. The molecule has 2 heterocycles. The van der Waals surface area contributed by atoms with Gasteiger partial charge in [-0.1, -0.05) is 12.1 Å². The van der Waals surface area contributed by atoms with Crippen LogP contribution < -0.4 is 0 Å². The van der Waals surface area contributed by atoms with E-state index < -0.39 is 22.6 Å². The first-order valence-corrected chi connectivity index (χ1v) is 10.7. The van der Waals surface area contributed by atoms with Crippen molar-refractivity contribution in [1.29, 1.82) is 0 Å². The largest absolute Gasteiger partial charge is 0.435 e. The van der Waals surface area contributed by atoms with Crippen molar-refractivity contribution in [3.05, 3.63) is 69.9 Å². The lowest BCUT2D eigenvalue weighted by atomic mass is 10.1. The molecule has 9 nitrogen and oxygen atoms in total. The van der Waals surface area contributed by atoms with Crippen molar-refractivity contribution >= 4 is 11.6 Å². The summed E-state index contributed by atoms with van der Waals surface area (Å²) in [4.78, 5) is 32.2. The van der Waals surface area contributed by atoms with Gasteiger partial charge in [-0.2, -0.15) is 13.2 Å². The van der Waals surface area contributed by atoms with Crippen molar-refractivity contribution in [2.45, 2.75) is 6.18 Å². The Balaban J connectivity index is 1.74.